The van der Waals surface area contributed by atoms with Gasteiger partial charge in [-0.2, -0.15) is 0 Å². The highest BCUT2D eigenvalue weighted by Gasteiger charge is 2.41. The van der Waals surface area contributed by atoms with Crippen molar-refractivity contribution in [1.29, 1.82) is 0 Å². The summed E-state index contributed by atoms with van der Waals surface area (Å²) in [6, 6.07) is 0. The van der Waals surface area contributed by atoms with E-state index in [0.29, 0.717) is 13.1 Å². The van der Waals surface area contributed by atoms with Gasteiger partial charge in [0.1, 0.15) is 0 Å². The Bertz CT molecular complexity index is 217. The van der Waals surface area contributed by atoms with Crippen molar-refractivity contribution in [3.63, 3.8) is 0 Å². The molecule has 0 bridgehead atoms. The Morgan fingerprint density at radius 2 is 2.23 bits per heavy atom. The summed E-state index contributed by atoms with van der Waals surface area (Å²) in [6.45, 7) is 4.83. The number of amides is 1. The predicted molar refractivity (Wildman–Crippen MR) is 51.3 cm³/mol. The summed E-state index contributed by atoms with van der Waals surface area (Å²) >= 11 is 0. The Morgan fingerprint density at radius 1 is 1.62 bits per heavy atom. The SMILES string of the molecule is CC=CC(=O)N1CC(O)(CCC)C1. The smallest absolute Gasteiger partial charge is 0.246 e. The molecule has 1 amide bonds. The molecule has 0 unspecified atom stereocenters. The molecule has 74 valence electrons. The summed E-state index contributed by atoms with van der Waals surface area (Å²) in [7, 11) is 0. The number of likely N-dealkylation sites (tertiary alicyclic amines) is 1. The number of aliphatic hydroxyl groups is 1. The van der Waals surface area contributed by atoms with E-state index in [1.165, 1.54) is 6.08 Å². The topological polar surface area (TPSA) is 40.5 Å². The van der Waals surface area contributed by atoms with E-state index in [9.17, 15) is 9.90 Å². The van der Waals surface area contributed by atoms with Gasteiger partial charge in [-0.05, 0) is 19.4 Å². The molecule has 0 aromatic carbocycles. The van der Waals surface area contributed by atoms with Gasteiger partial charge in [-0.25, -0.2) is 0 Å². The van der Waals surface area contributed by atoms with Crippen molar-refractivity contribution in [2.24, 2.45) is 0 Å². The second-order valence-corrected chi connectivity index (χ2v) is 3.67. The summed E-state index contributed by atoms with van der Waals surface area (Å²) in [5.41, 5.74) is -0.605. The first-order chi connectivity index (χ1) is 6.11. The van der Waals surface area contributed by atoms with Gasteiger partial charge in [0.2, 0.25) is 5.91 Å². The van der Waals surface area contributed by atoms with Crippen LogP contribution in [0.4, 0.5) is 0 Å². The van der Waals surface area contributed by atoms with Crippen molar-refractivity contribution in [2.75, 3.05) is 13.1 Å². The van der Waals surface area contributed by atoms with E-state index in [4.69, 9.17) is 0 Å². The summed E-state index contributed by atoms with van der Waals surface area (Å²) in [5.74, 6) is 0.00304. The molecule has 13 heavy (non-hydrogen) atoms. The molecular weight excluding hydrogens is 166 g/mol. The minimum atomic E-state index is -0.605. The number of rotatable bonds is 3. The molecule has 1 fully saturated rings. The highest BCUT2D eigenvalue weighted by atomic mass is 16.3. The van der Waals surface area contributed by atoms with E-state index in [-0.39, 0.29) is 5.91 Å². The van der Waals surface area contributed by atoms with E-state index < -0.39 is 5.60 Å². The van der Waals surface area contributed by atoms with Crippen LogP contribution >= 0.6 is 0 Å². The minimum Gasteiger partial charge on any atom is -0.386 e. The Hall–Kier alpha value is -0.830. The van der Waals surface area contributed by atoms with Gasteiger partial charge in [0, 0.05) is 0 Å². The van der Waals surface area contributed by atoms with Gasteiger partial charge in [-0.3, -0.25) is 4.79 Å². The highest BCUT2D eigenvalue weighted by Crippen LogP contribution is 2.25. The van der Waals surface area contributed by atoms with Crippen LogP contribution < -0.4 is 0 Å². The van der Waals surface area contributed by atoms with Crippen molar-refractivity contribution in [3.8, 4) is 0 Å². The van der Waals surface area contributed by atoms with Gasteiger partial charge in [0.15, 0.2) is 0 Å². The maximum atomic E-state index is 11.2. The molecule has 1 aliphatic heterocycles. The molecule has 0 saturated carbocycles. The second kappa shape index (κ2) is 3.92. The lowest BCUT2D eigenvalue weighted by Gasteiger charge is -2.46. The van der Waals surface area contributed by atoms with Gasteiger partial charge < -0.3 is 10.0 Å². The maximum Gasteiger partial charge on any atom is 0.246 e. The number of allylic oxidation sites excluding steroid dienone is 1. The van der Waals surface area contributed by atoms with Crippen LogP contribution in [-0.2, 0) is 4.79 Å². The first-order valence-corrected chi connectivity index (χ1v) is 4.75. The summed E-state index contributed by atoms with van der Waals surface area (Å²) in [6.07, 6.45) is 5.00. The molecular formula is C10H17NO2. The van der Waals surface area contributed by atoms with Crippen LogP contribution in [0.25, 0.3) is 0 Å². The van der Waals surface area contributed by atoms with Crippen LogP contribution in [-0.4, -0.2) is 34.6 Å². The zero-order valence-corrected chi connectivity index (χ0v) is 8.29. The zero-order valence-electron chi connectivity index (χ0n) is 8.29. The molecule has 1 heterocycles. The molecule has 3 nitrogen and oxygen atoms in total. The second-order valence-electron chi connectivity index (χ2n) is 3.67. The molecule has 0 aromatic rings. The van der Waals surface area contributed by atoms with Crippen molar-refractivity contribution < 1.29 is 9.90 Å². The van der Waals surface area contributed by atoms with Crippen molar-refractivity contribution in [2.45, 2.75) is 32.3 Å². The standard InChI is InChI=1S/C10H17NO2/c1-3-5-9(12)11-7-10(13,8-11)6-4-2/h3,5,13H,4,6-8H2,1-2H3. The predicted octanol–water partition coefficient (Wildman–Crippen LogP) is 0.936. The largest absolute Gasteiger partial charge is 0.386 e. The number of hydrogen-bond acceptors (Lipinski definition) is 2. The van der Waals surface area contributed by atoms with Gasteiger partial charge in [-0.15, -0.1) is 0 Å². The lowest BCUT2D eigenvalue weighted by molar-refractivity contribution is -0.151. The maximum absolute atomic E-state index is 11.2. The van der Waals surface area contributed by atoms with Gasteiger partial charge in [-0.1, -0.05) is 19.4 Å². The van der Waals surface area contributed by atoms with E-state index >= 15 is 0 Å². The van der Waals surface area contributed by atoms with Gasteiger partial charge >= 0.3 is 0 Å². The molecule has 3 heteroatoms. The molecule has 0 aromatic heterocycles. The van der Waals surface area contributed by atoms with Crippen LogP contribution in [0, 0.1) is 0 Å². The van der Waals surface area contributed by atoms with E-state index in [1.807, 2.05) is 13.8 Å². The van der Waals surface area contributed by atoms with E-state index in [0.717, 1.165) is 12.8 Å². The van der Waals surface area contributed by atoms with Crippen LogP contribution in [0.2, 0.25) is 0 Å². The molecule has 0 radical (unpaired) electrons. The van der Waals surface area contributed by atoms with Crippen LogP contribution in [0.15, 0.2) is 12.2 Å². The van der Waals surface area contributed by atoms with Gasteiger partial charge in [0.05, 0.1) is 18.7 Å². The molecule has 0 spiro atoms. The summed E-state index contributed by atoms with van der Waals surface area (Å²) in [4.78, 5) is 12.9. The number of carbonyl (C=O) groups is 1. The molecule has 0 atom stereocenters. The third-order valence-electron chi connectivity index (χ3n) is 2.31. The Morgan fingerprint density at radius 3 is 2.69 bits per heavy atom. The third-order valence-corrected chi connectivity index (χ3v) is 2.31. The molecule has 1 aliphatic rings. The Balaban J connectivity index is 2.36. The van der Waals surface area contributed by atoms with Crippen LogP contribution in [0.5, 0.6) is 0 Å². The van der Waals surface area contributed by atoms with Crippen molar-refractivity contribution >= 4 is 5.91 Å². The number of β-amino-alcohol motifs (C(OH)–C–C–N with tert-alkyl or cyclic N) is 1. The summed E-state index contributed by atoms with van der Waals surface area (Å²) in [5, 5.41) is 9.78. The van der Waals surface area contributed by atoms with Crippen molar-refractivity contribution in [1.82, 2.24) is 4.90 Å². The van der Waals surface area contributed by atoms with E-state index in [1.54, 1.807) is 11.0 Å². The number of nitrogens with zero attached hydrogens (tertiary/aromatic N) is 1. The first-order valence-electron chi connectivity index (χ1n) is 4.75. The Kier molecular flexibility index (Phi) is 3.09. The minimum absolute atomic E-state index is 0.00304. The Labute approximate surface area is 79.0 Å². The fraction of sp³-hybridized carbons (Fsp3) is 0.700. The lowest BCUT2D eigenvalue weighted by Crippen LogP contribution is -2.63. The average Bonchev–Trinajstić information content (AvgIpc) is 2.01. The quantitative estimate of drug-likeness (QED) is 0.661. The fourth-order valence-electron chi connectivity index (χ4n) is 1.69. The summed E-state index contributed by atoms with van der Waals surface area (Å²) < 4.78 is 0. The number of carbonyl (C=O) groups excluding carboxylic acids is 1. The van der Waals surface area contributed by atoms with Gasteiger partial charge in [0.25, 0.3) is 0 Å². The average molecular weight is 183 g/mol. The molecule has 1 saturated heterocycles. The van der Waals surface area contributed by atoms with Crippen LogP contribution in [0.3, 0.4) is 0 Å². The number of hydrogen-bond donors (Lipinski definition) is 1. The molecule has 1 N–H and O–H groups in total. The highest BCUT2D eigenvalue weighted by molar-refractivity contribution is 5.88. The zero-order chi connectivity index (χ0) is 9.90. The monoisotopic (exact) mass is 183 g/mol. The fourth-order valence-corrected chi connectivity index (χ4v) is 1.69. The first kappa shape index (κ1) is 10.3. The van der Waals surface area contributed by atoms with E-state index in [2.05, 4.69) is 0 Å². The normalized spacial score (nSPS) is 20.4. The molecule has 0 aliphatic carbocycles. The molecule has 1 rings (SSSR count). The van der Waals surface area contributed by atoms with Crippen LogP contribution in [0.1, 0.15) is 26.7 Å². The van der Waals surface area contributed by atoms with Crippen molar-refractivity contribution in [3.05, 3.63) is 12.2 Å². The third kappa shape index (κ3) is 2.31. The lowest BCUT2D eigenvalue weighted by atomic mass is 9.89.